The van der Waals surface area contributed by atoms with Crippen molar-refractivity contribution in [3.63, 3.8) is 0 Å². The van der Waals surface area contributed by atoms with Crippen molar-refractivity contribution in [1.82, 2.24) is 4.90 Å². The normalized spacial score (nSPS) is 16.3. The minimum absolute atomic E-state index is 0.0301. The third-order valence-corrected chi connectivity index (χ3v) is 4.58. The molecule has 0 aliphatic carbocycles. The Morgan fingerprint density at radius 3 is 2.38 bits per heavy atom. The molecule has 1 atom stereocenters. The molecule has 1 saturated heterocycles. The van der Waals surface area contributed by atoms with Crippen molar-refractivity contribution in [2.24, 2.45) is 11.8 Å². The predicted octanol–water partition coefficient (Wildman–Crippen LogP) is 3.83. The zero-order valence-electron chi connectivity index (χ0n) is 11.1. The van der Waals surface area contributed by atoms with Crippen LogP contribution in [0, 0.1) is 11.8 Å². The van der Waals surface area contributed by atoms with E-state index in [0.29, 0.717) is 23.8 Å². The molecule has 1 aromatic rings. The Morgan fingerprint density at radius 1 is 1.24 bits per heavy atom. The lowest BCUT2D eigenvalue weighted by molar-refractivity contribution is -0.144. The van der Waals surface area contributed by atoms with Gasteiger partial charge in [-0.15, -0.1) is 0 Å². The lowest BCUT2D eigenvalue weighted by Gasteiger charge is -2.41. The molecular formula is C13H13Cl3N2O3. The summed E-state index contributed by atoms with van der Waals surface area (Å²) >= 11 is 17.7. The van der Waals surface area contributed by atoms with E-state index in [2.05, 4.69) is 5.32 Å². The molecule has 2 amide bonds. The molecule has 0 aromatic heterocycles. The third-order valence-electron chi connectivity index (χ3n) is 3.55. The van der Waals surface area contributed by atoms with Crippen LogP contribution >= 0.6 is 34.8 Å². The summed E-state index contributed by atoms with van der Waals surface area (Å²) in [6.07, 6.45) is 0. The number of halogens is 3. The molecule has 1 fully saturated rings. The van der Waals surface area contributed by atoms with Gasteiger partial charge in [-0.2, -0.15) is 0 Å². The monoisotopic (exact) mass is 350 g/mol. The molecule has 1 heterocycles. The minimum Gasteiger partial charge on any atom is -0.481 e. The van der Waals surface area contributed by atoms with Crippen LogP contribution in [0.1, 0.15) is 6.92 Å². The Labute approximate surface area is 136 Å². The lowest BCUT2D eigenvalue weighted by atomic mass is 9.87. The molecule has 21 heavy (non-hydrogen) atoms. The summed E-state index contributed by atoms with van der Waals surface area (Å²) in [5.41, 5.74) is 0.366. The Hall–Kier alpha value is -1.17. The molecule has 0 saturated carbocycles. The van der Waals surface area contributed by atoms with Gasteiger partial charge < -0.3 is 15.3 Å². The number of nitrogens with one attached hydrogen (secondary N) is 1. The average molecular weight is 352 g/mol. The number of hydrogen-bond acceptors (Lipinski definition) is 2. The smallest absolute Gasteiger partial charge is 0.321 e. The van der Waals surface area contributed by atoms with Gasteiger partial charge in [0.2, 0.25) is 0 Å². The van der Waals surface area contributed by atoms with E-state index in [0.717, 1.165) is 0 Å². The van der Waals surface area contributed by atoms with Crippen LogP contribution in [0.25, 0.3) is 0 Å². The first-order valence-corrected chi connectivity index (χ1v) is 7.36. The second-order valence-corrected chi connectivity index (χ2v) is 6.19. The first kappa shape index (κ1) is 16.2. The fraction of sp³-hybridized carbons (Fsp3) is 0.385. The number of anilines is 1. The van der Waals surface area contributed by atoms with Gasteiger partial charge in [0, 0.05) is 19.0 Å². The first-order valence-electron chi connectivity index (χ1n) is 6.23. The van der Waals surface area contributed by atoms with E-state index in [1.54, 1.807) is 6.92 Å². The van der Waals surface area contributed by atoms with Gasteiger partial charge in [0.1, 0.15) is 0 Å². The van der Waals surface area contributed by atoms with E-state index in [1.807, 2.05) is 0 Å². The highest BCUT2D eigenvalue weighted by Gasteiger charge is 2.37. The molecule has 8 heteroatoms. The van der Waals surface area contributed by atoms with Crippen molar-refractivity contribution in [1.29, 1.82) is 0 Å². The van der Waals surface area contributed by atoms with E-state index < -0.39 is 11.9 Å². The molecule has 0 spiro atoms. The molecule has 114 valence electrons. The van der Waals surface area contributed by atoms with Gasteiger partial charge in [-0.1, -0.05) is 41.7 Å². The van der Waals surface area contributed by atoms with Crippen molar-refractivity contribution in [2.75, 3.05) is 18.4 Å². The van der Waals surface area contributed by atoms with Gasteiger partial charge in [0.15, 0.2) is 0 Å². The summed E-state index contributed by atoms with van der Waals surface area (Å²) in [6, 6.07) is 2.58. The van der Waals surface area contributed by atoms with Crippen molar-refractivity contribution >= 4 is 52.5 Å². The van der Waals surface area contributed by atoms with Crippen LogP contribution in [-0.4, -0.2) is 35.1 Å². The summed E-state index contributed by atoms with van der Waals surface area (Å²) in [5, 5.41) is 12.4. The Bertz CT molecular complexity index is 588. The number of nitrogens with zero attached hydrogens (tertiary/aromatic N) is 1. The summed E-state index contributed by atoms with van der Waals surface area (Å²) in [6.45, 7) is 2.44. The number of rotatable bonds is 3. The summed E-state index contributed by atoms with van der Waals surface area (Å²) < 4.78 is 0. The number of likely N-dealkylation sites (tertiary alicyclic amines) is 1. The quantitative estimate of drug-likeness (QED) is 0.813. The van der Waals surface area contributed by atoms with Gasteiger partial charge in [-0.25, -0.2) is 4.79 Å². The van der Waals surface area contributed by atoms with Crippen LogP contribution in [-0.2, 0) is 4.79 Å². The van der Waals surface area contributed by atoms with E-state index in [9.17, 15) is 9.59 Å². The average Bonchev–Trinajstić information content (AvgIpc) is 2.33. The highest BCUT2D eigenvalue weighted by Crippen LogP contribution is 2.33. The number of benzene rings is 1. The van der Waals surface area contributed by atoms with E-state index >= 15 is 0 Å². The standard InChI is InChI=1S/C13H13Cl3N2O3/c1-6(12(19)20)7-4-18(5-7)13(21)17-11-3-9(15)8(14)2-10(11)16/h2-3,6-7H,4-5H2,1H3,(H,17,21)(H,19,20). The first-order chi connectivity index (χ1) is 9.79. The molecule has 0 radical (unpaired) electrons. The highest BCUT2D eigenvalue weighted by molar-refractivity contribution is 6.44. The number of carboxylic acid groups (broad SMARTS) is 1. The van der Waals surface area contributed by atoms with Crippen LogP contribution in [0.5, 0.6) is 0 Å². The molecular weight excluding hydrogens is 339 g/mol. The fourth-order valence-electron chi connectivity index (χ4n) is 2.01. The zero-order valence-corrected chi connectivity index (χ0v) is 13.3. The molecule has 2 N–H and O–H groups in total. The second kappa shape index (κ2) is 6.30. The zero-order chi connectivity index (χ0) is 15.7. The molecule has 5 nitrogen and oxygen atoms in total. The SMILES string of the molecule is CC(C(=O)O)C1CN(C(=O)Nc2cc(Cl)c(Cl)cc2Cl)C1. The second-order valence-electron chi connectivity index (χ2n) is 4.97. The van der Waals surface area contributed by atoms with Gasteiger partial charge in [0.05, 0.1) is 26.7 Å². The van der Waals surface area contributed by atoms with Crippen LogP contribution in [0.4, 0.5) is 10.5 Å². The Kier molecular flexibility index (Phi) is 4.86. The largest absolute Gasteiger partial charge is 0.481 e. The van der Waals surface area contributed by atoms with E-state index in [1.165, 1.54) is 17.0 Å². The number of hydrogen-bond donors (Lipinski definition) is 2. The van der Waals surface area contributed by atoms with E-state index in [-0.39, 0.29) is 22.0 Å². The predicted molar refractivity (Wildman–Crippen MR) is 82.4 cm³/mol. The minimum atomic E-state index is -0.854. The summed E-state index contributed by atoms with van der Waals surface area (Å²) in [7, 11) is 0. The molecule has 1 aliphatic heterocycles. The van der Waals surface area contributed by atoms with Gasteiger partial charge >= 0.3 is 12.0 Å². The molecule has 1 aromatic carbocycles. The third kappa shape index (κ3) is 3.54. The molecule has 1 unspecified atom stereocenters. The number of carboxylic acids is 1. The topological polar surface area (TPSA) is 69.6 Å². The fourth-order valence-corrected chi connectivity index (χ4v) is 2.60. The Morgan fingerprint density at radius 2 is 1.81 bits per heavy atom. The van der Waals surface area contributed by atoms with Crippen molar-refractivity contribution in [2.45, 2.75) is 6.92 Å². The number of carbonyl (C=O) groups excluding carboxylic acids is 1. The van der Waals surface area contributed by atoms with Crippen LogP contribution < -0.4 is 5.32 Å². The van der Waals surface area contributed by atoms with Crippen LogP contribution in [0.3, 0.4) is 0 Å². The van der Waals surface area contributed by atoms with Gasteiger partial charge in [0.25, 0.3) is 0 Å². The van der Waals surface area contributed by atoms with E-state index in [4.69, 9.17) is 39.9 Å². The summed E-state index contributed by atoms with van der Waals surface area (Å²) in [5.74, 6) is -1.35. The maximum atomic E-state index is 12.0. The van der Waals surface area contributed by atoms with Crippen molar-refractivity contribution in [3.8, 4) is 0 Å². The van der Waals surface area contributed by atoms with Gasteiger partial charge in [-0.3, -0.25) is 4.79 Å². The molecule has 1 aliphatic rings. The number of urea groups is 1. The van der Waals surface area contributed by atoms with Gasteiger partial charge in [-0.05, 0) is 12.1 Å². The highest BCUT2D eigenvalue weighted by atomic mass is 35.5. The maximum Gasteiger partial charge on any atom is 0.321 e. The Balaban J connectivity index is 1.95. The number of aliphatic carboxylic acids is 1. The van der Waals surface area contributed by atoms with Crippen molar-refractivity contribution in [3.05, 3.63) is 27.2 Å². The van der Waals surface area contributed by atoms with Crippen LogP contribution in [0.2, 0.25) is 15.1 Å². The summed E-state index contributed by atoms with van der Waals surface area (Å²) in [4.78, 5) is 24.4. The number of amides is 2. The molecule has 0 bridgehead atoms. The van der Waals surface area contributed by atoms with Crippen LogP contribution in [0.15, 0.2) is 12.1 Å². The molecule has 2 rings (SSSR count). The maximum absolute atomic E-state index is 12.0. The van der Waals surface area contributed by atoms with Crippen molar-refractivity contribution < 1.29 is 14.7 Å². The lowest BCUT2D eigenvalue weighted by Crippen LogP contribution is -2.54. The number of carbonyl (C=O) groups is 2.